The highest BCUT2D eigenvalue weighted by Crippen LogP contribution is 2.34. The molecule has 1 atom stereocenters. The lowest BCUT2D eigenvalue weighted by atomic mass is 9.85. The maximum atomic E-state index is 6.12. The molecule has 0 radical (unpaired) electrons. The van der Waals surface area contributed by atoms with E-state index in [0.29, 0.717) is 16.9 Å². The van der Waals surface area contributed by atoms with Crippen LogP contribution in [-0.2, 0) is 0 Å². The van der Waals surface area contributed by atoms with Gasteiger partial charge in [0.25, 0.3) is 0 Å². The summed E-state index contributed by atoms with van der Waals surface area (Å²) in [6.07, 6.45) is 9.29. The second-order valence-corrected chi connectivity index (χ2v) is 10.4. The highest BCUT2D eigenvalue weighted by molar-refractivity contribution is 8.13. The number of allylic oxidation sites excluding steroid dienone is 2. The van der Waals surface area contributed by atoms with Crippen molar-refractivity contribution in [2.45, 2.75) is 52.0 Å². The molecule has 2 rings (SSSR count). The van der Waals surface area contributed by atoms with Gasteiger partial charge >= 0.3 is 0 Å². The number of rotatable bonds is 7. The van der Waals surface area contributed by atoms with Gasteiger partial charge in [-0.05, 0) is 95.5 Å². The molecule has 0 spiro atoms. The van der Waals surface area contributed by atoms with Crippen LogP contribution in [0.4, 0.5) is 5.69 Å². The molecular weight excluding hydrogens is 412 g/mol. The first-order valence-electron chi connectivity index (χ1n) is 10.4. The minimum absolute atomic E-state index is 0.0352. The van der Waals surface area contributed by atoms with Gasteiger partial charge in [-0.25, -0.2) is 0 Å². The number of ether oxygens (including phenoxy) is 1. The van der Waals surface area contributed by atoms with Gasteiger partial charge in [-0.1, -0.05) is 30.8 Å². The van der Waals surface area contributed by atoms with Crippen molar-refractivity contribution in [1.29, 1.82) is 0 Å². The zero-order chi connectivity index (χ0) is 22.2. The summed E-state index contributed by atoms with van der Waals surface area (Å²) in [5.41, 5.74) is 7.21. The first-order valence-corrected chi connectivity index (χ1v) is 11.8. The van der Waals surface area contributed by atoms with Crippen LogP contribution in [0.5, 0.6) is 5.75 Å². The van der Waals surface area contributed by atoms with E-state index in [4.69, 9.17) is 22.7 Å². The molecule has 0 amide bonds. The summed E-state index contributed by atoms with van der Waals surface area (Å²) in [5.74, 6) is 1.77. The number of nitrogens with two attached hydrogens (primary N) is 1. The van der Waals surface area contributed by atoms with E-state index in [0.717, 1.165) is 23.6 Å². The second kappa shape index (κ2) is 11.2. The van der Waals surface area contributed by atoms with Crippen LogP contribution in [-0.4, -0.2) is 47.2 Å². The van der Waals surface area contributed by atoms with Gasteiger partial charge in [-0.15, -0.1) is 0 Å². The minimum Gasteiger partial charge on any atom is -0.492 e. The maximum absolute atomic E-state index is 6.12. The number of nitrogens with one attached hydrogen (secondary N) is 1. The van der Waals surface area contributed by atoms with Crippen LogP contribution in [0.15, 0.2) is 41.4 Å². The lowest BCUT2D eigenvalue weighted by Crippen LogP contribution is -2.43. The van der Waals surface area contributed by atoms with E-state index in [1.807, 2.05) is 24.3 Å². The number of amidine groups is 1. The fourth-order valence-electron chi connectivity index (χ4n) is 2.92. The highest BCUT2D eigenvalue weighted by atomic mass is 32.2. The van der Waals surface area contributed by atoms with Crippen LogP contribution in [0, 0.1) is 5.41 Å². The van der Waals surface area contributed by atoms with E-state index >= 15 is 0 Å². The molecule has 7 heteroatoms. The monoisotopic (exact) mass is 448 g/mol. The lowest BCUT2D eigenvalue weighted by molar-refractivity contribution is 0.114. The van der Waals surface area contributed by atoms with Crippen molar-refractivity contribution >= 4 is 39.9 Å². The number of benzene rings is 1. The lowest BCUT2D eigenvalue weighted by Gasteiger charge is -2.32. The molecule has 5 nitrogen and oxygen atoms in total. The fourth-order valence-corrected chi connectivity index (χ4v) is 4.11. The van der Waals surface area contributed by atoms with Gasteiger partial charge < -0.3 is 20.7 Å². The zero-order valence-electron chi connectivity index (χ0n) is 18.9. The summed E-state index contributed by atoms with van der Waals surface area (Å²) in [4.78, 5) is 6.49. The van der Waals surface area contributed by atoms with Crippen LogP contribution in [0.1, 0.15) is 46.5 Å². The number of anilines is 1. The van der Waals surface area contributed by atoms with Crippen LogP contribution in [0.25, 0.3) is 0 Å². The van der Waals surface area contributed by atoms with Gasteiger partial charge in [-0.3, -0.25) is 0 Å². The Bertz CT molecular complexity index is 759. The molecule has 0 aliphatic heterocycles. The van der Waals surface area contributed by atoms with Crippen LogP contribution in [0.2, 0.25) is 0 Å². The van der Waals surface area contributed by atoms with E-state index in [2.05, 4.69) is 62.2 Å². The molecule has 0 heterocycles. The van der Waals surface area contributed by atoms with Crippen molar-refractivity contribution in [3.8, 4) is 5.75 Å². The third-order valence-electron chi connectivity index (χ3n) is 5.62. The van der Waals surface area contributed by atoms with Gasteiger partial charge in [0, 0.05) is 17.0 Å². The summed E-state index contributed by atoms with van der Waals surface area (Å²) in [6.45, 7) is 7.23. The Kier molecular flexibility index (Phi) is 9.19. The number of thiocarbonyl (C=S) groups is 1. The number of hydrogen-bond acceptors (Lipinski definition) is 4. The van der Waals surface area contributed by atoms with Crippen molar-refractivity contribution < 1.29 is 4.74 Å². The quantitative estimate of drug-likeness (QED) is 0.256. The smallest absolute Gasteiger partial charge is 0.199 e. The molecule has 0 saturated carbocycles. The Morgan fingerprint density at radius 3 is 2.67 bits per heavy atom. The third kappa shape index (κ3) is 8.28. The molecule has 1 aliphatic rings. The maximum Gasteiger partial charge on any atom is 0.199 e. The summed E-state index contributed by atoms with van der Waals surface area (Å²) in [7, 11) is 4.10. The first-order chi connectivity index (χ1) is 14.1. The minimum atomic E-state index is -0.0352. The topological polar surface area (TPSA) is 62.9 Å². The molecule has 3 N–H and O–H groups in total. The second-order valence-electron chi connectivity index (χ2n) is 9.07. The number of thioether (sulfide) groups is 1. The van der Waals surface area contributed by atoms with Crippen molar-refractivity contribution in [3.63, 3.8) is 0 Å². The molecule has 1 aliphatic carbocycles. The molecule has 0 fully saturated rings. The van der Waals surface area contributed by atoms with Gasteiger partial charge in [-0.2, -0.15) is 4.99 Å². The van der Waals surface area contributed by atoms with Crippen molar-refractivity contribution in [3.05, 3.63) is 36.4 Å². The van der Waals surface area contributed by atoms with Gasteiger partial charge in [0.2, 0.25) is 0 Å². The van der Waals surface area contributed by atoms with Crippen molar-refractivity contribution in [2.75, 3.05) is 31.8 Å². The predicted octanol–water partition coefficient (Wildman–Crippen LogP) is 5.29. The average Bonchev–Trinajstić information content (AvgIpc) is 2.91. The number of hydrogen-bond donors (Lipinski definition) is 2. The van der Waals surface area contributed by atoms with E-state index in [9.17, 15) is 0 Å². The Hall–Kier alpha value is -1.57. The largest absolute Gasteiger partial charge is 0.492 e. The van der Waals surface area contributed by atoms with E-state index < -0.39 is 0 Å². The van der Waals surface area contributed by atoms with Gasteiger partial charge in [0.15, 0.2) is 10.3 Å². The molecule has 1 unspecified atom stereocenters. The Morgan fingerprint density at radius 2 is 2.00 bits per heavy atom. The standard InChI is InChI=1S/C23H36N4OS2/c1-22(2,27(4)5)16-28-19-12-10-18(11-13-19)25-21(29)26-20(24)30-17-23(3)14-8-6-7-9-15-23/h6,8,10-13H,7,9,14-17H2,1-5H3,(H3,24,25,26,29). The molecular formula is C23H36N4OS2. The predicted molar refractivity (Wildman–Crippen MR) is 136 cm³/mol. The Balaban J connectivity index is 1.82. The van der Waals surface area contributed by atoms with Crippen molar-refractivity contribution in [2.24, 2.45) is 16.1 Å². The van der Waals surface area contributed by atoms with E-state index in [-0.39, 0.29) is 11.0 Å². The molecule has 0 bridgehead atoms. The highest BCUT2D eigenvalue weighted by Gasteiger charge is 2.24. The number of aliphatic imine (C=N–C) groups is 1. The van der Waals surface area contributed by atoms with Crippen LogP contribution in [0.3, 0.4) is 0 Å². The van der Waals surface area contributed by atoms with E-state index in [1.54, 1.807) is 11.8 Å². The third-order valence-corrected chi connectivity index (χ3v) is 7.04. The summed E-state index contributed by atoms with van der Waals surface area (Å²) < 4.78 is 5.91. The van der Waals surface area contributed by atoms with Gasteiger partial charge in [0.05, 0.1) is 0 Å². The molecule has 166 valence electrons. The average molecular weight is 449 g/mol. The zero-order valence-corrected chi connectivity index (χ0v) is 20.5. The molecule has 1 aromatic rings. The summed E-state index contributed by atoms with van der Waals surface area (Å²) in [6, 6.07) is 7.72. The summed E-state index contributed by atoms with van der Waals surface area (Å²) in [5, 5.41) is 4.00. The Labute approximate surface area is 191 Å². The van der Waals surface area contributed by atoms with E-state index in [1.165, 1.54) is 19.3 Å². The first kappa shape index (κ1) is 24.7. The fraction of sp³-hybridized carbons (Fsp3) is 0.565. The number of nitrogens with zero attached hydrogens (tertiary/aromatic N) is 2. The number of likely N-dealkylation sites (N-methyl/N-ethyl adjacent to an activating group) is 1. The molecule has 0 aromatic heterocycles. The SMILES string of the molecule is CN(C)C(C)(C)COc1ccc(NC(=S)/N=C(\N)SCC2(C)CC=CCCC2)cc1. The van der Waals surface area contributed by atoms with Crippen LogP contribution >= 0.6 is 24.0 Å². The van der Waals surface area contributed by atoms with Crippen molar-refractivity contribution in [1.82, 2.24) is 4.90 Å². The Morgan fingerprint density at radius 1 is 1.30 bits per heavy atom. The normalized spacial score (nSPS) is 20.1. The summed E-state index contributed by atoms with van der Waals surface area (Å²) >= 11 is 6.94. The van der Waals surface area contributed by atoms with Gasteiger partial charge in [0.1, 0.15) is 12.4 Å². The van der Waals surface area contributed by atoms with Crippen LogP contribution < -0.4 is 15.8 Å². The molecule has 0 saturated heterocycles. The molecule has 30 heavy (non-hydrogen) atoms. The molecule has 1 aromatic carbocycles.